The highest BCUT2D eigenvalue weighted by molar-refractivity contribution is 7.21. The van der Waals surface area contributed by atoms with Crippen LogP contribution in [0.4, 0.5) is 4.39 Å². The zero-order valence-electron chi connectivity index (χ0n) is 12.8. The van der Waals surface area contributed by atoms with Gasteiger partial charge in [0, 0.05) is 17.1 Å². The second kappa shape index (κ2) is 5.82. The van der Waals surface area contributed by atoms with Gasteiger partial charge in [-0.2, -0.15) is 5.10 Å². The van der Waals surface area contributed by atoms with Crippen LogP contribution in [0.5, 0.6) is 0 Å². The third kappa shape index (κ3) is 2.57. The number of nitrogens with zero attached hydrogens (tertiary/aromatic N) is 3. The first-order chi connectivity index (χ1) is 11.6. The number of benzene rings is 1. The first kappa shape index (κ1) is 15.5. The summed E-state index contributed by atoms with van der Waals surface area (Å²) < 4.78 is 16.3. The SMILES string of the molecule is Cn1ncnc1[C@@H](NC(=O)c1sc2cccc(F)c2c1Cl)C1CC1. The van der Waals surface area contributed by atoms with E-state index >= 15 is 0 Å². The molecule has 1 aliphatic rings. The molecular formula is C16H14ClFN4OS. The predicted octanol–water partition coefficient (Wildman–Crippen LogP) is 3.70. The fraction of sp³-hybridized carbons (Fsp3) is 0.312. The Balaban J connectivity index is 1.67. The summed E-state index contributed by atoms with van der Waals surface area (Å²) in [6.07, 6.45) is 3.54. The van der Waals surface area contributed by atoms with Crippen LogP contribution in [0.1, 0.15) is 34.4 Å². The third-order valence-electron chi connectivity index (χ3n) is 4.22. The topological polar surface area (TPSA) is 59.8 Å². The van der Waals surface area contributed by atoms with Crippen LogP contribution in [0.2, 0.25) is 5.02 Å². The third-order valence-corrected chi connectivity index (χ3v) is 5.86. The average molecular weight is 365 g/mol. The minimum atomic E-state index is -0.417. The Hall–Kier alpha value is -1.99. The maximum absolute atomic E-state index is 14.0. The number of thiophene rings is 1. The second-order valence-electron chi connectivity index (χ2n) is 5.89. The Morgan fingerprint density at radius 3 is 2.92 bits per heavy atom. The van der Waals surface area contributed by atoms with Crippen molar-refractivity contribution in [3.05, 3.63) is 46.1 Å². The van der Waals surface area contributed by atoms with Crippen LogP contribution in [-0.4, -0.2) is 20.7 Å². The normalized spacial score (nSPS) is 15.6. The van der Waals surface area contributed by atoms with Crippen LogP contribution in [0.3, 0.4) is 0 Å². The number of fused-ring (bicyclic) bond motifs is 1. The van der Waals surface area contributed by atoms with Crippen molar-refractivity contribution in [1.82, 2.24) is 20.1 Å². The second-order valence-corrected chi connectivity index (χ2v) is 7.32. The lowest BCUT2D eigenvalue weighted by molar-refractivity contribution is 0.0933. The van der Waals surface area contributed by atoms with Crippen molar-refractivity contribution in [2.45, 2.75) is 18.9 Å². The van der Waals surface area contributed by atoms with E-state index in [0.717, 1.165) is 12.8 Å². The minimum Gasteiger partial charge on any atom is -0.341 e. The van der Waals surface area contributed by atoms with Crippen molar-refractivity contribution in [2.24, 2.45) is 13.0 Å². The molecule has 124 valence electrons. The van der Waals surface area contributed by atoms with Crippen LogP contribution >= 0.6 is 22.9 Å². The molecule has 0 radical (unpaired) electrons. The molecule has 1 N–H and O–H groups in total. The van der Waals surface area contributed by atoms with Gasteiger partial charge in [-0.1, -0.05) is 17.7 Å². The van der Waals surface area contributed by atoms with E-state index in [-0.39, 0.29) is 17.0 Å². The Morgan fingerprint density at radius 1 is 1.50 bits per heavy atom. The number of nitrogens with one attached hydrogen (secondary N) is 1. The lowest BCUT2D eigenvalue weighted by Crippen LogP contribution is -2.31. The molecule has 2 heterocycles. The average Bonchev–Trinajstić information content (AvgIpc) is 3.22. The highest BCUT2D eigenvalue weighted by Crippen LogP contribution is 2.41. The number of hydrogen-bond acceptors (Lipinski definition) is 4. The number of rotatable bonds is 4. The fourth-order valence-corrected chi connectivity index (χ4v) is 4.29. The molecule has 4 rings (SSSR count). The number of aromatic nitrogens is 3. The van der Waals surface area contributed by atoms with Gasteiger partial charge in [0.1, 0.15) is 22.8 Å². The fourth-order valence-electron chi connectivity index (χ4n) is 2.83. The van der Waals surface area contributed by atoms with Crippen LogP contribution in [0.15, 0.2) is 24.5 Å². The van der Waals surface area contributed by atoms with Crippen LogP contribution in [-0.2, 0) is 7.05 Å². The van der Waals surface area contributed by atoms with E-state index in [1.165, 1.54) is 23.7 Å². The Bertz CT molecular complexity index is 933. The summed E-state index contributed by atoms with van der Waals surface area (Å²) in [5.74, 6) is 0.344. The molecule has 0 bridgehead atoms. The van der Waals surface area contributed by atoms with Gasteiger partial charge in [-0.25, -0.2) is 9.37 Å². The molecule has 0 spiro atoms. The van der Waals surface area contributed by atoms with Gasteiger partial charge in [0.25, 0.3) is 5.91 Å². The number of carbonyl (C=O) groups is 1. The predicted molar refractivity (Wildman–Crippen MR) is 90.7 cm³/mol. The van der Waals surface area contributed by atoms with E-state index in [4.69, 9.17) is 11.6 Å². The molecule has 1 amide bonds. The van der Waals surface area contributed by atoms with E-state index in [9.17, 15) is 9.18 Å². The van der Waals surface area contributed by atoms with Gasteiger partial charge in [0.05, 0.1) is 11.1 Å². The van der Waals surface area contributed by atoms with E-state index in [2.05, 4.69) is 15.4 Å². The number of hydrogen-bond donors (Lipinski definition) is 1. The quantitative estimate of drug-likeness (QED) is 0.767. The molecule has 1 saturated carbocycles. The number of aryl methyl sites for hydroxylation is 1. The van der Waals surface area contributed by atoms with E-state index in [0.29, 0.717) is 26.7 Å². The van der Waals surface area contributed by atoms with E-state index in [1.54, 1.807) is 23.9 Å². The van der Waals surface area contributed by atoms with Crippen molar-refractivity contribution < 1.29 is 9.18 Å². The molecule has 3 aromatic rings. The molecule has 8 heteroatoms. The van der Waals surface area contributed by atoms with Gasteiger partial charge in [0.15, 0.2) is 0 Å². The van der Waals surface area contributed by atoms with Gasteiger partial charge in [-0.3, -0.25) is 9.48 Å². The molecule has 0 saturated heterocycles. The van der Waals surface area contributed by atoms with Crippen LogP contribution in [0.25, 0.3) is 10.1 Å². The van der Waals surface area contributed by atoms with Gasteiger partial charge >= 0.3 is 0 Å². The first-order valence-electron chi connectivity index (χ1n) is 7.57. The molecule has 24 heavy (non-hydrogen) atoms. The summed E-state index contributed by atoms with van der Waals surface area (Å²) in [6, 6.07) is 4.50. The van der Waals surface area contributed by atoms with Gasteiger partial charge in [0.2, 0.25) is 0 Å². The molecule has 0 aliphatic heterocycles. The largest absolute Gasteiger partial charge is 0.341 e. The van der Waals surface area contributed by atoms with Gasteiger partial charge in [-0.15, -0.1) is 11.3 Å². The number of carbonyl (C=O) groups excluding carboxylic acids is 1. The highest BCUT2D eigenvalue weighted by Gasteiger charge is 2.36. The standard InChI is InChI=1S/C16H14ClFN4OS/c1-22-15(19-7-20-22)13(8-5-6-8)21-16(23)14-12(17)11-9(18)3-2-4-10(11)24-14/h2-4,7-8,13H,5-6H2,1H3,(H,21,23)/t13-/m0/s1. The molecule has 2 aromatic heterocycles. The Labute approximate surface area is 146 Å². The summed E-state index contributed by atoms with van der Waals surface area (Å²) in [7, 11) is 1.80. The zero-order chi connectivity index (χ0) is 16.8. The van der Waals surface area contributed by atoms with Crippen molar-refractivity contribution >= 4 is 38.9 Å². The summed E-state index contributed by atoms with van der Waals surface area (Å²) >= 11 is 7.46. The maximum atomic E-state index is 14.0. The molecule has 1 aliphatic carbocycles. The molecule has 1 atom stereocenters. The summed E-state index contributed by atoms with van der Waals surface area (Å²) in [6.45, 7) is 0. The molecular weight excluding hydrogens is 351 g/mol. The van der Waals surface area contributed by atoms with Crippen molar-refractivity contribution in [3.63, 3.8) is 0 Å². The first-order valence-corrected chi connectivity index (χ1v) is 8.77. The molecule has 5 nitrogen and oxygen atoms in total. The molecule has 1 fully saturated rings. The Morgan fingerprint density at radius 2 is 2.29 bits per heavy atom. The van der Waals surface area contributed by atoms with Crippen molar-refractivity contribution in [1.29, 1.82) is 0 Å². The summed E-state index contributed by atoms with van der Waals surface area (Å²) in [4.78, 5) is 17.3. The van der Waals surface area contributed by atoms with Crippen molar-refractivity contribution in [2.75, 3.05) is 0 Å². The van der Waals surface area contributed by atoms with Crippen LogP contribution < -0.4 is 5.32 Å². The van der Waals surface area contributed by atoms with Gasteiger partial charge < -0.3 is 5.32 Å². The molecule has 1 aromatic carbocycles. The zero-order valence-corrected chi connectivity index (χ0v) is 14.4. The summed E-state index contributed by atoms with van der Waals surface area (Å²) in [5.41, 5.74) is 0. The lowest BCUT2D eigenvalue weighted by Gasteiger charge is -2.17. The van der Waals surface area contributed by atoms with E-state index in [1.807, 2.05) is 0 Å². The number of amides is 1. The monoisotopic (exact) mass is 364 g/mol. The number of halogens is 2. The smallest absolute Gasteiger partial charge is 0.263 e. The Kier molecular flexibility index (Phi) is 3.77. The highest BCUT2D eigenvalue weighted by atomic mass is 35.5. The lowest BCUT2D eigenvalue weighted by atomic mass is 10.1. The minimum absolute atomic E-state index is 0.165. The molecule has 0 unspecified atom stereocenters. The van der Waals surface area contributed by atoms with Crippen LogP contribution in [0, 0.1) is 11.7 Å². The van der Waals surface area contributed by atoms with Crippen molar-refractivity contribution in [3.8, 4) is 0 Å². The van der Waals surface area contributed by atoms with E-state index < -0.39 is 5.82 Å². The summed E-state index contributed by atoms with van der Waals surface area (Å²) in [5, 5.41) is 7.54. The maximum Gasteiger partial charge on any atom is 0.263 e. The van der Waals surface area contributed by atoms with Gasteiger partial charge in [-0.05, 0) is 30.9 Å².